The lowest BCUT2D eigenvalue weighted by atomic mass is 9.91. The van der Waals surface area contributed by atoms with Crippen LogP contribution in [0.5, 0.6) is 0 Å². The van der Waals surface area contributed by atoms with E-state index in [0.29, 0.717) is 5.56 Å². The summed E-state index contributed by atoms with van der Waals surface area (Å²) in [6, 6.07) is 8.56. The maximum absolute atomic E-state index is 13.0. The first-order chi connectivity index (χ1) is 12.6. The van der Waals surface area contributed by atoms with E-state index in [9.17, 15) is 18.0 Å². The Labute approximate surface area is 152 Å². The third-order valence-electron chi connectivity index (χ3n) is 4.74. The van der Waals surface area contributed by atoms with Crippen LogP contribution in [0.4, 0.5) is 19.0 Å². The number of fused-ring (bicyclic) bond motifs is 1. The monoisotopic (exact) mass is 376 g/mol. The molecule has 1 aromatic carbocycles. The van der Waals surface area contributed by atoms with Gasteiger partial charge in [0.2, 0.25) is 0 Å². The van der Waals surface area contributed by atoms with E-state index in [2.05, 4.69) is 4.98 Å². The van der Waals surface area contributed by atoms with Crippen LogP contribution in [0.1, 0.15) is 46.6 Å². The Morgan fingerprint density at radius 3 is 2.63 bits per heavy atom. The van der Waals surface area contributed by atoms with Crippen molar-refractivity contribution >= 4 is 11.7 Å². The number of nitriles is 1. The molecule has 0 saturated heterocycles. The number of halogens is 3. The van der Waals surface area contributed by atoms with Gasteiger partial charge in [-0.2, -0.15) is 18.4 Å². The molecule has 0 saturated carbocycles. The second-order valence-electron chi connectivity index (χ2n) is 6.59. The molecule has 2 heterocycles. The number of hydrogen-bond acceptors (Lipinski definition) is 5. The van der Waals surface area contributed by atoms with E-state index in [1.165, 1.54) is 12.1 Å². The number of amides is 1. The first-order valence-corrected chi connectivity index (χ1v) is 7.94. The van der Waals surface area contributed by atoms with Crippen LogP contribution in [-0.2, 0) is 18.3 Å². The number of carbonyl (C=O) groups is 1. The minimum absolute atomic E-state index is 0.190. The number of hydroxylamine groups is 1. The van der Waals surface area contributed by atoms with Gasteiger partial charge < -0.3 is 4.90 Å². The molecule has 1 amide bonds. The SMILES string of the molecule is CC1(C)c2cccc(C(=O)NO)c2CN1c1ccc(C(F)(F)F)c(C#N)n1. The molecule has 0 fully saturated rings. The van der Waals surface area contributed by atoms with Gasteiger partial charge in [-0.3, -0.25) is 10.0 Å². The second kappa shape index (κ2) is 6.25. The minimum Gasteiger partial charge on any atom is -0.343 e. The van der Waals surface area contributed by atoms with E-state index < -0.39 is 28.9 Å². The van der Waals surface area contributed by atoms with Crippen molar-refractivity contribution in [3.63, 3.8) is 0 Å². The first-order valence-electron chi connectivity index (χ1n) is 7.94. The molecular weight excluding hydrogens is 361 g/mol. The molecule has 0 unspecified atom stereocenters. The highest BCUT2D eigenvalue weighted by Crippen LogP contribution is 2.43. The Morgan fingerprint density at radius 1 is 1.33 bits per heavy atom. The zero-order valence-electron chi connectivity index (χ0n) is 14.4. The van der Waals surface area contributed by atoms with Gasteiger partial charge in [0.15, 0.2) is 5.69 Å². The third kappa shape index (κ3) is 2.98. The lowest BCUT2D eigenvalue weighted by molar-refractivity contribution is -0.138. The number of nitrogens with zero attached hydrogens (tertiary/aromatic N) is 3. The number of aromatic nitrogens is 1. The summed E-state index contributed by atoms with van der Waals surface area (Å²) in [6.45, 7) is 3.87. The summed E-state index contributed by atoms with van der Waals surface area (Å²) in [5.41, 5.74) is 0.775. The molecule has 0 radical (unpaired) electrons. The van der Waals surface area contributed by atoms with Crippen LogP contribution in [0, 0.1) is 11.3 Å². The predicted octanol–water partition coefficient (Wildman–Crippen LogP) is 3.35. The normalized spacial score (nSPS) is 15.2. The molecule has 2 aromatic rings. The summed E-state index contributed by atoms with van der Waals surface area (Å²) in [5, 5.41) is 18.0. The maximum atomic E-state index is 13.0. The molecule has 3 rings (SSSR count). The van der Waals surface area contributed by atoms with Gasteiger partial charge in [-0.25, -0.2) is 10.5 Å². The number of anilines is 1. The van der Waals surface area contributed by atoms with Gasteiger partial charge in [-0.1, -0.05) is 12.1 Å². The van der Waals surface area contributed by atoms with Gasteiger partial charge in [0, 0.05) is 12.1 Å². The summed E-state index contributed by atoms with van der Waals surface area (Å²) in [5.74, 6) is -0.487. The third-order valence-corrected chi connectivity index (χ3v) is 4.74. The highest BCUT2D eigenvalue weighted by molar-refractivity contribution is 5.95. The maximum Gasteiger partial charge on any atom is 0.419 e. The molecular formula is C18H15F3N4O2. The van der Waals surface area contributed by atoms with Crippen molar-refractivity contribution in [2.75, 3.05) is 4.90 Å². The van der Waals surface area contributed by atoms with Crippen molar-refractivity contribution in [1.82, 2.24) is 10.5 Å². The molecule has 0 bridgehead atoms. The summed E-state index contributed by atoms with van der Waals surface area (Å²) in [4.78, 5) is 17.5. The van der Waals surface area contributed by atoms with Crippen molar-refractivity contribution in [3.05, 3.63) is 58.3 Å². The smallest absolute Gasteiger partial charge is 0.343 e. The Kier molecular flexibility index (Phi) is 4.32. The molecule has 0 aliphatic carbocycles. The topological polar surface area (TPSA) is 89.2 Å². The number of carbonyl (C=O) groups excluding carboxylic acids is 1. The molecule has 9 heteroatoms. The Balaban J connectivity index is 2.10. The van der Waals surface area contributed by atoms with E-state index in [1.54, 1.807) is 28.6 Å². The van der Waals surface area contributed by atoms with E-state index in [0.717, 1.165) is 11.6 Å². The van der Waals surface area contributed by atoms with E-state index >= 15 is 0 Å². The largest absolute Gasteiger partial charge is 0.419 e. The number of rotatable bonds is 2. The van der Waals surface area contributed by atoms with Crippen LogP contribution < -0.4 is 10.4 Å². The van der Waals surface area contributed by atoms with E-state index in [4.69, 9.17) is 10.5 Å². The zero-order valence-corrected chi connectivity index (χ0v) is 14.4. The molecule has 27 heavy (non-hydrogen) atoms. The van der Waals surface area contributed by atoms with Gasteiger partial charge in [-0.05, 0) is 43.2 Å². The highest BCUT2D eigenvalue weighted by Gasteiger charge is 2.41. The molecule has 1 aliphatic heterocycles. The van der Waals surface area contributed by atoms with Crippen molar-refractivity contribution in [2.24, 2.45) is 0 Å². The predicted molar refractivity (Wildman–Crippen MR) is 88.9 cm³/mol. The van der Waals surface area contributed by atoms with Crippen molar-refractivity contribution in [2.45, 2.75) is 32.1 Å². The summed E-state index contributed by atoms with van der Waals surface area (Å²) in [7, 11) is 0. The Bertz CT molecular complexity index is 964. The van der Waals surface area contributed by atoms with Crippen LogP contribution in [0.25, 0.3) is 0 Å². The standard InChI is InChI=1S/C18H15F3N4O2/c1-17(2)12-5-3-4-10(16(26)24-27)11(12)9-25(17)15-7-6-13(18(19,20)21)14(8-22)23-15/h3-7,27H,9H2,1-2H3,(H,24,26). The van der Waals surface area contributed by atoms with Gasteiger partial charge in [0.25, 0.3) is 5.91 Å². The fourth-order valence-electron chi connectivity index (χ4n) is 3.38. The Morgan fingerprint density at radius 2 is 2.04 bits per heavy atom. The Hall–Kier alpha value is -3.12. The summed E-state index contributed by atoms with van der Waals surface area (Å²) in [6.07, 6.45) is -4.67. The minimum atomic E-state index is -4.67. The van der Waals surface area contributed by atoms with Crippen LogP contribution in [-0.4, -0.2) is 16.1 Å². The molecule has 1 aromatic heterocycles. The summed E-state index contributed by atoms with van der Waals surface area (Å²) >= 11 is 0. The number of alkyl halides is 3. The molecule has 2 N–H and O–H groups in total. The lowest BCUT2D eigenvalue weighted by Crippen LogP contribution is -2.36. The van der Waals surface area contributed by atoms with Gasteiger partial charge in [0.1, 0.15) is 11.9 Å². The first kappa shape index (κ1) is 18.7. The number of benzene rings is 1. The second-order valence-corrected chi connectivity index (χ2v) is 6.59. The van der Waals surface area contributed by atoms with E-state index in [1.807, 2.05) is 13.8 Å². The van der Waals surface area contributed by atoms with Crippen molar-refractivity contribution < 1.29 is 23.2 Å². The van der Waals surface area contributed by atoms with Crippen LogP contribution in [0.15, 0.2) is 30.3 Å². The summed E-state index contributed by atoms with van der Waals surface area (Å²) < 4.78 is 39.1. The molecule has 0 atom stereocenters. The van der Waals surface area contributed by atoms with Crippen LogP contribution in [0.2, 0.25) is 0 Å². The fourth-order valence-corrected chi connectivity index (χ4v) is 3.38. The quantitative estimate of drug-likeness (QED) is 0.620. The molecule has 1 aliphatic rings. The van der Waals surface area contributed by atoms with Crippen LogP contribution >= 0.6 is 0 Å². The fraction of sp³-hybridized carbons (Fsp3) is 0.278. The number of nitrogens with one attached hydrogen (secondary N) is 1. The average Bonchev–Trinajstić information content (AvgIpc) is 2.90. The highest BCUT2D eigenvalue weighted by atomic mass is 19.4. The number of pyridine rings is 1. The van der Waals surface area contributed by atoms with Crippen LogP contribution in [0.3, 0.4) is 0 Å². The van der Waals surface area contributed by atoms with Gasteiger partial charge in [-0.15, -0.1) is 0 Å². The van der Waals surface area contributed by atoms with Gasteiger partial charge >= 0.3 is 6.18 Å². The zero-order chi connectivity index (χ0) is 20.0. The van der Waals surface area contributed by atoms with E-state index in [-0.39, 0.29) is 17.9 Å². The lowest BCUT2D eigenvalue weighted by Gasteiger charge is -2.33. The van der Waals surface area contributed by atoms with Crippen molar-refractivity contribution in [3.8, 4) is 6.07 Å². The molecule has 6 nitrogen and oxygen atoms in total. The number of hydrogen-bond donors (Lipinski definition) is 2. The van der Waals surface area contributed by atoms with Gasteiger partial charge in [0.05, 0.1) is 11.1 Å². The molecule has 0 spiro atoms. The average molecular weight is 376 g/mol. The van der Waals surface area contributed by atoms with Crippen molar-refractivity contribution in [1.29, 1.82) is 5.26 Å². The molecule has 140 valence electrons.